The Morgan fingerprint density at radius 1 is 1.56 bits per heavy atom. The Morgan fingerprint density at radius 2 is 2.31 bits per heavy atom. The Balaban J connectivity index is 2.64. The molecule has 1 aromatic rings. The van der Waals surface area contributed by atoms with Gasteiger partial charge in [0, 0.05) is 6.54 Å². The Bertz CT molecular complexity index is 355. The summed E-state index contributed by atoms with van der Waals surface area (Å²) in [5.74, 6) is 0.687. The molecule has 0 saturated heterocycles. The van der Waals surface area contributed by atoms with Crippen LogP contribution in [0.5, 0.6) is 0 Å². The average Bonchev–Trinajstić information content (AvgIpc) is 2.35. The fourth-order valence-corrected chi connectivity index (χ4v) is 1.08. The molecule has 5 heteroatoms. The van der Waals surface area contributed by atoms with Crippen LogP contribution in [-0.4, -0.2) is 29.6 Å². The monoisotopic (exact) mass is 223 g/mol. The van der Waals surface area contributed by atoms with E-state index in [1.807, 2.05) is 0 Å². The summed E-state index contributed by atoms with van der Waals surface area (Å²) in [7, 11) is 1.32. The molecular weight excluding hydrogens is 206 g/mol. The third-order valence-corrected chi connectivity index (χ3v) is 2.36. The minimum absolute atomic E-state index is 0.219. The van der Waals surface area contributed by atoms with Gasteiger partial charge in [-0.15, -0.1) is 0 Å². The number of hydrogen-bond donors (Lipinski definition) is 1. The predicted octanol–water partition coefficient (Wildman–Crippen LogP) is 1.72. The number of carbonyl (C=O) groups excluding carboxylic acids is 1. The van der Waals surface area contributed by atoms with E-state index in [0.717, 1.165) is 13.0 Å². The number of carbonyl (C=O) groups is 1. The van der Waals surface area contributed by atoms with Crippen LogP contribution in [0.4, 0.5) is 5.82 Å². The van der Waals surface area contributed by atoms with E-state index in [9.17, 15) is 4.79 Å². The number of rotatable bonds is 5. The van der Waals surface area contributed by atoms with Gasteiger partial charge in [0.05, 0.1) is 19.5 Å². The third-order valence-electron chi connectivity index (χ3n) is 2.36. The number of anilines is 1. The van der Waals surface area contributed by atoms with Gasteiger partial charge in [-0.3, -0.25) is 4.98 Å². The number of nitrogens with zero attached hydrogens (tertiary/aromatic N) is 2. The number of esters is 1. The van der Waals surface area contributed by atoms with E-state index in [1.54, 1.807) is 6.20 Å². The molecule has 16 heavy (non-hydrogen) atoms. The molecule has 0 aromatic carbocycles. The molecule has 0 aliphatic carbocycles. The molecule has 0 radical (unpaired) electrons. The second-order valence-corrected chi connectivity index (χ2v) is 3.68. The molecule has 0 fully saturated rings. The van der Waals surface area contributed by atoms with Crippen LogP contribution >= 0.6 is 0 Å². The molecule has 1 rings (SSSR count). The van der Waals surface area contributed by atoms with Gasteiger partial charge in [0.15, 0.2) is 5.69 Å². The van der Waals surface area contributed by atoms with Gasteiger partial charge < -0.3 is 10.1 Å². The van der Waals surface area contributed by atoms with Gasteiger partial charge >= 0.3 is 5.97 Å². The van der Waals surface area contributed by atoms with Crippen molar-refractivity contribution in [1.29, 1.82) is 0 Å². The summed E-state index contributed by atoms with van der Waals surface area (Å²) in [5.41, 5.74) is 0.219. The maximum Gasteiger partial charge on any atom is 0.358 e. The fourth-order valence-electron chi connectivity index (χ4n) is 1.08. The van der Waals surface area contributed by atoms with Crippen LogP contribution in [-0.2, 0) is 4.74 Å². The highest BCUT2D eigenvalue weighted by Crippen LogP contribution is 2.06. The van der Waals surface area contributed by atoms with E-state index in [0.29, 0.717) is 11.7 Å². The molecule has 1 atom stereocenters. The second-order valence-electron chi connectivity index (χ2n) is 3.68. The van der Waals surface area contributed by atoms with Crippen molar-refractivity contribution in [2.45, 2.75) is 20.3 Å². The quantitative estimate of drug-likeness (QED) is 0.770. The molecule has 0 amide bonds. The van der Waals surface area contributed by atoms with Gasteiger partial charge in [0.25, 0.3) is 0 Å². The van der Waals surface area contributed by atoms with Crippen molar-refractivity contribution in [3.8, 4) is 0 Å². The molecule has 0 aliphatic heterocycles. The standard InChI is InChI=1S/C11H17N3O2/c1-4-8(2)5-13-10-7-12-6-9(14-10)11(15)16-3/h6-8H,4-5H2,1-3H3,(H,13,14). The van der Waals surface area contributed by atoms with Crippen molar-refractivity contribution in [2.24, 2.45) is 5.92 Å². The molecule has 1 heterocycles. The maximum absolute atomic E-state index is 11.2. The first-order valence-corrected chi connectivity index (χ1v) is 5.31. The van der Waals surface area contributed by atoms with Crippen molar-refractivity contribution < 1.29 is 9.53 Å². The lowest BCUT2D eigenvalue weighted by Gasteiger charge is -2.10. The van der Waals surface area contributed by atoms with Crippen LogP contribution in [0.1, 0.15) is 30.8 Å². The summed E-state index contributed by atoms with van der Waals surface area (Å²) in [6.45, 7) is 5.09. The molecule has 5 nitrogen and oxygen atoms in total. The van der Waals surface area contributed by atoms with Crippen LogP contribution in [0.25, 0.3) is 0 Å². The third kappa shape index (κ3) is 3.49. The first-order valence-electron chi connectivity index (χ1n) is 5.31. The molecule has 0 bridgehead atoms. The molecule has 88 valence electrons. The SMILES string of the molecule is CCC(C)CNc1cncc(C(=O)OC)n1. The number of ether oxygens (including phenoxy) is 1. The van der Waals surface area contributed by atoms with Gasteiger partial charge in [0.1, 0.15) is 5.82 Å². The lowest BCUT2D eigenvalue weighted by Crippen LogP contribution is -2.13. The van der Waals surface area contributed by atoms with Gasteiger partial charge in [0.2, 0.25) is 0 Å². The van der Waals surface area contributed by atoms with Gasteiger partial charge in [-0.25, -0.2) is 9.78 Å². The molecule has 1 N–H and O–H groups in total. The molecule has 0 spiro atoms. The summed E-state index contributed by atoms with van der Waals surface area (Å²) in [6.07, 6.45) is 4.08. The van der Waals surface area contributed by atoms with Gasteiger partial charge in [-0.05, 0) is 5.92 Å². The van der Waals surface area contributed by atoms with E-state index in [2.05, 4.69) is 33.9 Å². The number of nitrogens with one attached hydrogen (secondary N) is 1. The highest BCUT2D eigenvalue weighted by molar-refractivity contribution is 5.87. The summed E-state index contributed by atoms with van der Waals surface area (Å²) >= 11 is 0. The topological polar surface area (TPSA) is 64.1 Å². The summed E-state index contributed by atoms with van der Waals surface area (Å²) in [6, 6.07) is 0. The maximum atomic E-state index is 11.2. The van der Waals surface area contributed by atoms with Crippen molar-refractivity contribution in [3.05, 3.63) is 18.1 Å². The number of hydrogen-bond acceptors (Lipinski definition) is 5. The molecule has 1 aromatic heterocycles. The zero-order chi connectivity index (χ0) is 12.0. The summed E-state index contributed by atoms with van der Waals surface area (Å²) in [5, 5.41) is 3.13. The normalized spacial score (nSPS) is 11.9. The van der Waals surface area contributed by atoms with E-state index in [1.165, 1.54) is 13.3 Å². The van der Waals surface area contributed by atoms with Crippen molar-refractivity contribution >= 4 is 11.8 Å². The van der Waals surface area contributed by atoms with E-state index < -0.39 is 5.97 Å². The molecule has 1 unspecified atom stereocenters. The van der Waals surface area contributed by atoms with Gasteiger partial charge in [-0.2, -0.15) is 0 Å². The molecule has 0 aliphatic rings. The second kappa shape index (κ2) is 6.05. The highest BCUT2D eigenvalue weighted by Gasteiger charge is 2.08. The van der Waals surface area contributed by atoms with Gasteiger partial charge in [-0.1, -0.05) is 20.3 Å². The van der Waals surface area contributed by atoms with Crippen LogP contribution in [0.3, 0.4) is 0 Å². The fraction of sp³-hybridized carbons (Fsp3) is 0.545. The van der Waals surface area contributed by atoms with Crippen molar-refractivity contribution in [2.75, 3.05) is 19.0 Å². The zero-order valence-electron chi connectivity index (χ0n) is 9.86. The average molecular weight is 223 g/mol. The minimum atomic E-state index is -0.473. The minimum Gasteiger partial charge on any atom is -0.464 e. The Labute approximate surface area is 95.3 Å². The number of aromatic nitrogens is 2. The largest absolute Gasteiger partial charge is 0.464 e. The van der Waals surface area contributed by atoms with Crippen LogP contribution in [0.15, 0.2) is 12.4 Å². The van der Waals surface area contributed by atoms with Crippen molar-refractivity contribution in [3.63, 3.8) is 0 Å². The highest BCUT2D eigenvalue weighted by atomic mass is 16.5. The number of methoxy groups -OCH3 is 1. The molecular formula is C11H17N3O2. The first-order chi connectivity index (χ1) is 7.67. The predicted molar refractivity (Wildman–Crippen MR) is 61.3 cm³/mol. The van der Waals surface area contributed by atoms with E-state index in [-0.39, 0.29) is 5.69 Å². The smallest absolute Gasteiger partial charge is 0.358 e. The Morgan fingerprint density at radius 3 is 2.94 bits per heavy atom. The van der Waals surface area contributed by atoms with Crippen LogP contribution in [0, 0.1) is 5.92 Å². The molecule has 0 saturated carbocycles. The zero-order valence-corrected chi connectivity index (χ0v) is 9.86. The van der Waals surface area contributed by atoms with E-state index in [4.69, 9.17) is 0 Å². The van der Waals surface area contributed by atoms with Crippen LogP contribution in [0.2, 0.25) is 0 Å². The van der Waals surface area contributed by atoms with E-state index >= 15 is 0 Å². The van der Waals surface area contributed by atoms with Crippen LogP contribution < -0.4 is 5.32 Å². The lowest BCUT2D eigenvalue weighted by atomic mass is 10.1. The Kier molecular flexibility index (Phi) is 4.69. The lowest BCUT2D eigenvalue weighted by molar-refractivity contribution is 0.0593. The first kappa shape index (κ1) is 12.4. The van der Waals surface area contributed by atoms with Crippen molar-refractivity contribution in [1.82, 2.24) is 9.97 Å². The Hall–Kier alpha value is -1.65. The summed E-state index contributed by atoms with van der Waals surface area (Å²) < 4.78 is 4.57. The summed E-state index contributed by atoms with van der Waals surface area (Å²) in [4.78, 5) is 19.2.